The molecule has 1 atom stereocenters. The lowest BCUT2D eigenvalue weighted by molar-refractivity contribution is -0.137. The lowest BCUT2D eigenvalue weighted by Gasteiger charge is -2.20. The van der Waals surface area contributed by atoms with Crippen LogP contribution in [0.3, 0.4) is 0 Å². The van der Waals surface area contributed by atoms with E-state index in [1.165, 1.54) is 17.9 Å². The first-order valence-corrected chi connectivity index (χ1v) is 9.96. The number of aliphatic hydroxyl groups excluding tert-OH is 1. The van der Waals surface area contributed by atoms with Crippen LogP contribution in [0.4, 0.5) is 24.5 Å². The number of amides is 2. The molecule has 1 unspecified atom stereocenters. The maximum atomic E-state index is 13.4. The zero-order valence-corrected chi connectivity index (χ0v) is 18.1. The molecule has 0 radical (unpaired) electrons. The molecule has 0 saturated carbocycles. The number of fused-ring (bicyclic) bond motifs is 1. The van der Waals surface area contributed by atoms with E-state index in [1.54, 1.807) is 19.1 Å². The Labute approximate surface area is 183 Å². The Balaban J connectivity index is 2.10. The highest BCUT2D eigenvalue weighted by Gasteiger charge is 2.39. The van der Waals surface area contributed by atoms with E-state index in [9.17, 15) is 27.9 Å². The highest BCUT2D eigenvalue weighted by atomic mass is 19.4. The van der Waals surface area contributed by atoms with Crippen molar-refractivity contribution in [3.05, 3.63) is 64.3 Å². The molecule has 32 heavy (non-hydrogen) atoms. The number of allylic oxidation sites excluding steroid dienone is 1. The fourth-order valence-electron chi connectivity index (χ4n) is 3.68. The van der Waals surface area contributed by atoms with E-state index in [-0.39, 0.29) is 23.4 Å². The molecular formula is C23H24F3N3O3. The number of halogens is 3. The quantitative estimate of drug-likeness (QED) is 0.476. The van der Waals surface area contributed by atoms with Crippen molar-refractivity contribution in [1.82, 2.24) is 10.9 Å². The van der Waals surface area contributed by atoms with Gasteiger partial charge in [-0.05, 0) is 63.1 Å². The SMILES string of the molecule is C/C(NNC(=O)CC(C)O)=C1/C(=O)N(c2cc(C)cc(C)c2)c2cc(C(F)(F)F)ccc21. The molecule has 0 spiro atoms. The molecule has 3 N–H and O–H groups in total. The van der Waals surface area contributed by atoms with Crippen LogP contribution < -0.4 is 15.8 Å². The maximum absolute atomic E-state index is 13.4. The molecule has 0 aliphatic carbocycles. The Hall–Kier alpha value is -3.33. The van der Waals surface area contributed by atoms with E-state index >= 15 is 0 Å². The molecular weight excluding hydrogens is 423 g/mol. The van der Waals surface area contributed by atoms with Crippen molar-refractivity contribution < 1.29 is 27.9 Å². The lowest BCUT2D eigenvalue weighted by Crippen LogP contribution is -2.38. The molecule has 9 heteroatoms. The van der Waals surface area contributed by atoms with Crippen molar-refractivity contribution in [2.24, 2.45) is 0 Å². The second-order valence-electron chi connectivity index (χ2n) is 7.94. The van der Waals surface area contributed by atoms with Crippen LogP contribution in [0, 0.1) is 13.8 Å². The van der Waals surface area contributed by atoms with Crippen molar-refractivity contribution >= 4 is 28.8 Å². The Morgan fingerprint density at radius 2 is 1.72 bits per heavy atom. The monoisotopic (exact) mass is 447 g/mol. The zero-order valence-electron chi connectivity index (χ0n) is 18.1. The summed E-state index contributed by atoms with van der Waals surface area (Å²) >= 11 is 0. The second kappa shape index (κ2) is 8.66. The molecule has 0 fully saturated rings. The van der Waals surface area contributed by atoms with E-state index < -0.39 is 29.7 Å². The fourth-order valence-corrected chi connectivity index (χ4v) is 3.68. The average molecular weight is 447 g/mol. The normalized spacial score (nSPS) is 16.0. The minimum Gasteiger partial charge on any atom is -0.393 e. The molecule has 0 saturated heterocycles. The van der Waals surface area contributed by atoms with Crippen molar-refractivity contribution in [3.8, 4) is 0 Å². The predicted molar refractivity (Wildman–Crippen MR) is 115 cm³/mol. The van der Waals surface area contributed by atoms with Crippen molar-refractivity contribution in [2.45, 2.75) is 46.4 Å². The standard InChI is InChI=1S/C23H24F3N3O3/c1-12-7-13(2)9-17(8-12)29-19-11-16(23(24,25)26)5-6-18(19)21(22(29)32)15(4)27-28-20(31)10-14(3)30/h5-9,11,14,27,30H,10H2,1-4H3,(H,28,31)/b21-15-. The third-order valence-electron chi connectivity index (χ3n) is 4.96. The molecule has 2 amide bonds. The highest BCUT2D eigenvalue weighted by molar-refractivity contribution is 6.35. The van der Waals surface area contributed by atoms with Gasteiger partial charge in [0.05, 0.1) is 29.3 Å². The number of benzene rings is 2. The summed E-state index contributed by atoms with van der Waals surface area (Å²) in [6.45, 7) is 6.68. The van der Waals surface area contributed by atoms with Gasteiger partial charge in [0.25, 0.3) is 5.91 Å². The summed E-state index contributed by atoms with van der Waals surface area (Å²) in [7, 11) is 0. The number of anilines is 2. The van der Waals surface area contributed by atoms with Crippen LogP contribution in [-0.4, -0.2) is 23.0 Å². The van der Waals surface area contributed by atoms with Gasteiger partial charge in [-0.1, -0.05) is 12.1 Å². The van der Waals surface area contributed by atoms with Gasteiger partial charge in [0.1, 0.15) is 0 Å². The van der Waals surface area contributed by atoms with Crippen LogP contribution in [0.1, 0.15) is 42.5 Å². The van der Waals surface area contributed by atoms with Crippen molar-refractivity contribution in [2.75, 3.05) is 4.90 Å². The molecule has 6 nitrogen and oxygen atoms in total. The smallest absolute Gasteiger partial charge is 0.393 e. The Morgan fingerprint density at radius 3 is 2.28 bits per heavy atom. The number of hydrogen-bond donors (Lipinski definition) is 3. The van der Waals surface area contributed by atoms with Crippen LogP contribution in [0.5, 0.6) is 0 Å². The van der Waals surface area contributed by atoms with Gasteiger partial charge in [-0.2, -0.15) is 13.2 Å². The van der Waals surface area contributed by atoms with Crippen LogP contribution in [0.2, 0.25) is 0 Å². The maximum Gasteiger partial charge on any atom is 0.416 e. The topological polar surface area (TPSA) is 81.7 Å². The van der Waals surface area contributed by atoms with Gasteiger partial charge in [0.2, 0.25) is 5.91 Å². The fraction of sp³-hybridized carbons (Fsp3) is 0.304. The van der Waals surface area contributed by atoms with Gasteiger partial charge in [-0.25, -0.2) is 0 Å². The number of aryl methyl sites for hydroxylation is 2. The summed E-state index contributed by atoms with van der Waals surface area (Å²) in [6.07, 6.45) is -5.57. The van der Waals surface area contributed by atoms with Crippen LogP contribution in [0.25, 0.3) is 5.57 Å². The van der Waals surface area contributed by atoms with Gasteiger partial charge in [0.15, 0.2) is 0 Å². The van der Waals surface area contributed by atoms with E-state index in [1.807, 2.05) is 19.9 Å². The molecule has 2 aromatic rings. The summed E-state index contributed by atoms with van der Waals surface area (Å²) in [5, 5.41) is 9.32. The minimum atomic E-state index is -4.57. The molecule has 1 aliphatic heterocycles. The number of nitrogens with one attached hydrogen (secondary N) is 2. The predicted octanol–water partition coefficient (Wildman–Crippen LogP) is 4.12. The van der Waals surface area contributed by atoms with Gasteiger partial charge in [0, 0.05) is 16.9 Å². The van der Waals surface area contributed by atoms with E-state index in [2.05, 4.69) is 10.9 Å². The number of nitrogens with zero attached hydrogens (tertiary/aromatic N) is 1. The summed E-state index contributed by atoms with van der Waals surface area (Å²) in [6, 6.07) is 8.50. The molecule has 1 aliphatic rings. The molecule has 2 aromatic carbocycles. The first kappa shape index (κ1) is 23.3. The number of hydrogen-bond acceptors (Lipinski definition) is 4. The van der Waals surface area contributed by atoms with Crippen molar-refractivity contribution in [3.63, 3.8) is 0 Å². The Bertz CT molecular complexity index is 1090. The van der Waals surface area contributed by atoms with Gasteiger partial charge < -0.3 is 10.5 Å². The first-order valence-electron chi connectivity index (χ1n) is 9.96. The van der Waals surface area contributed by atoms with Crippen LogP contribution >= 0.6 is 0 Å². The molecule has 3 rings (SSSR count). The number of rotatable bonds is 5. The number of alkyl halides is 3. The minimum absolute atomic E-state index is 0.112. The summed E-state index contributed by atoms with van der Waals surface area (Å²) in [4.78, 5) is 26.5. The Kier molecular flexibility index (Phi) is 6.32. The van der Waals surface area contributed by atoms with E-state index in [0.29, 0.717) is 11.3 Å². The number of carbonyl (C=O) groups excluding carboxylic acids is 2. The van der Waals surface area contributed by atoms with Gasteiger partial charge >= 0.3 is 6.18 Å². The van der Waals surface area contributed by atoms with E-state index in [0.717, 1.165) is 23.3 Å². The zero-order chi connectivity index (χ0) is 23.8. The molecule has 1 heterocycles. The molecule has 0 aromatic heterocycles. The molecule has 170 valence electrons. The second-order valence-corrected chi connectivity index (χ2v) is 7.94. The van der Waals surface area contributed by atoms with Crippen LogP contribution in [0.15, 0.2) is 42.1 Å². The highest BCUT2D eigenvalue weighted by Crippen LogP contribution is 2.45. The van der Waals surface area contributed by atoms with Crippen LogP contribution in [-0.2, 0) is 15.8 Å². The number of aliphatic hydroxyl groups is 1. The summed E-state index contributed by atoms with van der Waals surface area (Å²) in [5.74, 6) is -1.01. The molecule has 0 bridgehead atoms. The van der Waals surface area contributed by atoms with Gasteiger partial charge in [-0.3, -0.25) is 19.9 Å². The number of carbonyl (C=O) groups is 2. The third-order valence-corrected chi connectivity index (χ3v) is 4.96. The van der Waals surface area contributed by atoms with Gasteiger partial charge in [-0.15, -0.1) is 0 Å². The Morgan fingerprint density at radius 1 is 1.09 bits per heavy atom. The lowest BCUT2D eigenvalue weighted by atomic mass is 10.0. The third kappa shape index (κ3) is 4.77. The largest absolute Gasteiger partial charge is 0.416 e. The average Bonchev–Trinajstić information content (AvgIpc) is 2.95. The number of hydrazine groups is 1. The summed E-state index contributed by atoms with van der Waals surface area (Å²) in [5.41, 5.74) is 7.18. The van der Waals surface area contributed by atoms with E-state index in [4.69, 9.17) is 0 Å². The van der Waals surface area contributed by atoms with Crippen molar-refractivity contribution in [1.29, 1.82) is 0 Å². The first-order chi connectivity index (χ1) is 14.9. The summed E-state index contributed by atoms with van der Waals surface area (Å²) < 4.78 is 40.2.